The summed E-state index contributed by atoms with van der Waals surface area (Å²) in [5.74, 6) is 0.317. The predicted molar refractivity (Wildman–Crippen MR) is 147 cm³/mol. The molecule has 0 unspecified atom stereocenters. The molecule has 4 heteroatoms. The molecule has 1 nitrogen and oxygen atoms in total. The average Bonchev–Trinajstić information content (AvgIpc) is 2.91. The topological polar surface area (TPSA) is 9.23 Å². The average molecular weight is 513 g/mol. The van der Waals surface area contributed by atoms with Crippen LogP contribution in [-0.4, -0.2) is 6.61 Å². The summed E-state index contributed by atoms with van der Waals surface area (Å²) in [4.78, 5) is 0. The number of benzene rings is 2. The number of rotatable bonds is 10. The lowest BCUT2D eigenvalue weighted by Crippen LogP contribution is -2.13. The second-order valence-electron chi connectivity index (χ2n) is 11.4. The van der Waals surface area contributed by atoms with Gasteiger partial charge in [0, 0.05) is 11.6 Å². The monoisotopic (exact) mass is 512 g/mol. The van der Waals surface area contributed by atoms with E-state index in [1.807, 2.05) is 18.2 Å². The third-order valence-corrected chi connectivity index (χ3v) is 8.60. The molecule has 2 aromatic carbocycles. The lowest BCUT2D eigenvalue weighted by atomic mass is 9.78. The van der Waals surface area contributed by atoms with Crippen LogP contribution in [0, 0.1) is 29.3 Å². The molecule has 0 radical (unpaired) electrons. The van der Waals surface area contributed by atoms with Crippen LogP contribution in [0.1, 0.15) is 119 Å². The van der Waals surface area contributed by atoms with Crippen molar-refractivity contribution in [1.29, 1.82) is 0 Å². The molecule has 0 heterocycles. The SMILES string of the molecule is CCCCCCOc1ccc(C2CCC(/C=C/c3ccc(C4CCC(C)CC4)c(F)c3F)CC2)c(F)c1. The van der Waals surface area contributed by atoms with E-state index in [1.165, 1.54) is 18.9 Å². The van der Waals surface area contributed by atoms with Gasteiger partial charge in [-0.2, -0.15) is 0 Å². The number of unbranched alkanes of at least 4 members (excludes halogenated alkanes) is 3. The molecule has 2 fully saturated rings. The van der Waals surface area contributed by atoms with Gasteiger partial charge in [-0.3, -0.25) is 0 Å². The van der Waals surface area contributed by atoms with Crippen molar-refractivity contribution in [1.82, 2.24) is 0 Å². The second kappa shape index (κ2) is 13.5. The van der Waals surface area contributed by atoms with E-state index < -0.39 is 11.6 Å². The zero-order valence-corrected chi connectivity index (χ0v) is 22.6. The predicted octanol–water partition coefficient (Wildman–Crippen LogP) is 10.3. The summed E-state index contributed by atoms with van der Waals surface area (Å²) in [7, 11) is 0. The van der Waals surface area contributed by atoms with Gasteiger partial charge in [-0.1, -0.05) is 76.3 Å². The van der Waals surface area contributed by atoms with E-state index in [0.717, 1.165) is 69.8 Å². The van der Waals surface area contributed by atoms with E-state index in [-0.39, 0.29) is 17.7 Å². The minimum Gasteiger partial charge on any atom is -0.493 e. The smallest absolute Gasteiger partial charge is 0.166 e. The van der Waals surface area contributed by atoms with Crippen LogP contribution in [0.15, 0.2) is 36.4 Å². The quantitative estimate of drug-likeness (QED) is 0.288. The van der Waals surface area contributed by atoms with Crippen LogP contribution in [0.5, 0.6) is 5.75 Å². The van der Waals surface area contributed by atoms with Crippen LogP contribution < -0.4 is 4.74 Å². The zero-order valence-electron chi connectivity index (χ0n) is 22.6. The van der Waals surface area contributed by atoms with E-state index in [1.54, 1.807) is 18.2 Å². The summed E-state index contributed by atoms with van der Waals surface area (Å²) in [6, 6.07) is 8.81. The van der Waals surface area contributed by atoms with Crippen molar-refractivity contribution in [2.24, 2.45) is 11.8 Å². The Morgan fingerprint density at radius 1 is 0.784 bits per heavy atom. The number of allylic oxidation sites excluding steroid dienone is 1. The Labute approximate surface area is 221 Å². The van der Waals surface area contributed by atoms with Gasteiger partial charge in [0.15, 0.2) is 11.6 Å². The molecule has 2 saturated carbocycles. The van der Waals surface area contributed by atoms with E-state index >= 15 is 0 Å². The Morgan fingerprint density at radius 2 is 1.46 bits per heavy atom. The van der Waals surface area contributed by atoms with Crippen molar-refractivity contribution in [3.05, 3.63) is 70.5 Å². The highest BCUT2D eigenvalue weighted by molar-refractivity contribution is 5.52. The maximum Gasteiger partial charge on any atom is 0.166 e. The first-order valence-corrected chi connectivity index (χ1v) is 14.5. The van der Waals surface area contributed by atoms with Crippen LogP contribution in [0.3, 0.4) is 0 Å². The Balaban J connectivity index is 1.29. The van der Waals surface area contributed by atoms with E-state index in [2.05, 4.69) is 13.8 Å². The molecule has 2 aromatic rings. The minimum absolute atomic E-state index is 0.130. The summed E-state index contributed by atoms with van der Waals surface area (Å²) in [5, 5.41) is 0. The van der Waals surface area contributed by atoms with Crippen LogP contribution in [0.2, 0.25) is 0 Å². The van der Waals surface area contributed by atoms with Gasteiger partial charge in [0.2, 0.25) is 0 Å². The highest BCUT2D eigenvalue weighted by atomic mass is 19.2. The van der Waals surface area contributed by atoms with Crippen LogP contribution in [0.25, 0.3) is 6.08 Å². The van der Waals surface area contributed by atoms with Gasteiger partial charge in [-0.05, 0) is 85.8 Å². The Hall–Kier alpha value is -2.23. The Morgan fingerprint density at radius 3 is 2.16 bits per heavy atom. The van der Waals surface area contributed by atoms with Crippen molar-refractivity contribution >= 4 is 6.08 Å². The van der Waals surface area contributed by atoms with Gasteiger partial charge < -0.3 is 4.74 Å². The summed E-state index contributed by atoms with van der Waals surface area (Å²) < 4.78 is 50.3. The molecule has 0 N–H and O–H groups in total. The van der Waals surface area contributed by atoms with E-state index in [4.69, 9.17) is 4.74 Å². The summed E-state index contributed by atoms with van der Waals surface area (Å²) in [5.41, 5.74) is 1.63. The maximum absolute atomic E-state index is 14.9. The fraction of sp³-hybridized carbons (Fsp3) is 0.576. The number of hydrogen-bond donors (Lipinski definition) is 0. The number of hydrogen-bond acceptors (Lipinski definition) is 1. The molecule has 2 aliphatic carbocycles. The van der Waals surface area contributed by atoms with Crippen LogP contribution in [-0.2, 0) is 0 Å². The van der Waals surface area contributed by atoms with Gasteiger partial charge >= 0.3 is 0 Å². The molecule has 0 amide bonds. The van der Waals surface area contributed by atoms with E-state index in [0.29, 0.717) is 35.3 Å². The van der Waals surface area contributed by atoms with Crippen molar-refractivity contribution in [3.8, 4) is 5.75 Å². The third kappa shape index (κ3) is 7.42. The molecule has 0 bridgehead atoms. The van der Waals surface area contributed by atoms with Crippen LogP contribution >= 0.6 is 0 Å². The van der Waals surface area contributed by atoms with Crippen molar-refractivity contribution < 1.29 is 17.9 Å². The van der Waals surface area contributed by atoms with Gasteiger partial charge in [-0.15, -0.1) is 0 Å². The second-order valence-corrected chi connectivity index (χ2v) is 11.4. The molecule has 0 aromatic heterocycles. The Bertz CT molecular complexity index is 1030. The van der Waals surface area contributed by atoms with Gasteiger partial charge in [0.1, 0.15) is 11.6 Å². The molecule has 4 rings (SSSR count). The fourth-order valence-electron chi connectivity index (χ4n) is 6.10. The highest BCUT2D eigenvalue weighted by Gasteiger charge is 2.26. The summed E-state index contributed by atoms with van der Waals surface area (Å²) >= 11 is 0. The van der Waals surface area contributed by atoms with Crippen molar-refractivity contribution in [3.63, 3.8) is 0 Å². The standard InChI is InChI=1S/C33H43F3O/c1-3-4-5-6-21-37-28-18-20-29(31(34)22-28)25-14-9-24(10-15-25)11-16-27-17-19-30(33(36)32(27)35)26-12-7-23(2)8-13-26/h11,16-20,22-26H,3-10,12-15,21H2,1-2H3/b16-11+. The van der Waals surface area contributed by atoms with Gasteiger partial charge in [-0.25, -0.2) is 13.2 Å². The van der Waals surface area contributed by atoms with Crippen LogP contribution in [0.4, 0.5) is 13.2 Å². The molecule has 2 aliphatic rings. The molecule has 37 heavy (non-hydrogen) atoms. The number of halogens is 3. The molecule has 0 atom stereocenters. The minimum atomic E-state index is -0.726. The molecule has 202 valence electrons. The lowest BCUT2D eigenvalue weighted by molar-refractivity contribution is 0.302. The maximum atomic E-state index is 14.9. The first-order chi connectivity index (χ1) is 18.0. The molecular weight excluding hydrogens is 469 g/mol. The van der Waals surface area contributed by atoms with Gasteiger partial charge in [0.05, 0.1) is 6.61 Å². The normalized spacial score (nSPS) is 24.5. The van der Waals surface area contributed by atoms with Crippen molar-refractivity contribution in [2.45, 2.75) is 103 Å². The molecular formula is C33H43F3O. The first kappa shape index (κ1) is 27.8. The third-order valence-electron chi connectivity index (χ3n) is 8.60. The molecule has 0 saturated heterocycles. The van der Waals surface area contributed by atoms with E-state index in [9.17, 15) is 13.2 Å². The molecule has 0 spiro atoms. The lowest BCUT2D eigenvalue weighted by Gasteiger charge is -2.27. The largest absolute Gasteiger partial charge is 0.493 e. The first-order valence-electron chi connectivity index (χ1n) is 14.5. The Kier molecular flexibility index (Phi) is 10.2. The van der Waals surface area contributed by atoms with Crippen molar-refractivity contribution in [2.75, 3.05) is 6.61 Å². The number of ether oxygens (including phenoxy) is 1. The molecule has 0 aliphatic heterocycles. The zero-order chi connectivity index (χ0) is 26.2. The summed E-state index contributed by atoms with van der Waals surface area (Å²) in [6.07, 6.45) is 15.9. The fourth-order valence-corrected chi connectivity index (χ4v) is 6.10. The van der Waals surface area contributed by atoms with Gasteiger partial charge in [0.25, 0.3) is 0 Å². The summed E-state index contributed by atoms with van der Waals surface area (Å²) in [6.45, 7) is 5.03. The highest BCUT2D eigenvalue weighted by Crippen LogP contribution is 2.39.